The fourth-order valence-corrected chi connectivity index (χ4v) is 14.1. The predicted molar refractivity (Wildman–Crippen MR) is 289 cm³/mol. The van der Waals surface area contributed by atoms with Crippen molar-refractivity contribution in [3.05, 3.63) is 125 Å². The number of fused-ring (bicyclic) bond motifs is 6. The van der Waals surface area contributed by atoms with Crippen molar-refractivity contribution in [2.24, 2.45) is 0 Å². The zero-order valence-corrected chi connectivity index (χ0v) is 47.0. The molecule has 22 nitrogen and oxygen atoms in total. The van der Waals surface area contributed by atoms with E-state index in [2.05, 4.69) is 0 Å². The van der Waals surface area contributed by atoms with E-state index in [1.165, 1.54) is 24.3 Å². The number of unbranched alkanes of at least 4 members (excludes halogenated alkanes) is 1. The van der Waals surface area contributed by atoms with Crippen LogP contribution in [-0.2, 0) is 82.8 Å². The smallest absolute Gasteiger partial charge is 0.303 e. The van der Waals surface area contributed by atoms with E-state index in [1.807, 2.05) is 12.1 Å². The van der Waals surface area contributed by atoms with Gasteiger partial charge in [0.15, 0.2) is 5.71 Å². The third kappa shape index (κ3) is 13.0. The second kappa shape index (κ2) is 21.4. The highest BCUT2D eigenvalue weighted by molar-refractivity contribution is 7.87. The number of benzene rings is 5. The Morgan fingerprint density at radius 1 is 0.603 bits per heavy atom. The largest absolute Gasteiger partial charge is 0.481 e. The Labute approximate surface area is 451 Å². The highest BCUT2D eigenvalue weighted by Crippen LogP contribution is 2.52. The van der Waals surface area contributed by atoms with Crippen LogP contribution in [0.4, 0.5) is 11.4 Å². The third-order valence-electron chi connectivity index (χ3n) is 13.7. The molecule has 5 aromatic carbocycles. The van der Waals surface area contributed by atoms with Gasteiger partial charge in [0.1, 0.15) is 16.3 Å². The Morgan fingerprint density at radius 3 is 1.69 bits per heavy atom. The summed E-state index contributed by atoms with van der Waals surface area (Å²) in [6, 6.07) is 16.1. The number of allylic oxidation sites excluding steroid dienone is 6. The first-order chi connectivity index (χ1) is 35.8. The molecule has 0 saturated heterocycles. The normalized spacial score (nSPS) is 16.7. The minimum absolute atomic E-state index is 0.0170. The van der Waals surface area contributed by atoms with Gasteiger partial charge in [0.05, 0.1) is 26.7 Å². The zero-order valence-electron chi connectivity index (χ0n) is 42.1. The maximum absolute atomic E-state index is 12.8. The Bertz CT molecular complexity index is 4180. The van der Waals surface area contributed by atoms with Crippen LogP contribution in [-0.4, -0.2) is 124 Å². The lowest BCUT2D eigenvalue weighted by Crippen LogP contribution is -2.28. The van der Waals surface area contributed by atoms with Gasteiger partial charge in [-0.1, -0.05) is 50.3 Å². The standard InChI is InChI=1S/C50H54N2O20S6/c1-49(2)44(51(22-8-24-73(55,56)57)40-18-16-36-38(47(40)49)27-34(75(61,62)63)29-42(36)77(67,68)69)20-14-32(33-12-7-11-31(26-33)10-5-6-13-46(53)54)15-21-45-50(3,4)48-39-28-35(76(64,65)66)30-43(78(70,71)72)37(39)17-19-41(48)52(45)23-9-25-74(58,59)60/h7,11-12,14-21,26-30H,5-6,8-10,13,22-25H2,1-4H3,(H6-,53,54,55,56,57,58,59,60,61,62,63,64,65,66,67,68,69,70,71,72)/p+1. The Hall–Kier alpha value is -5.76. The minimum atomic E-state index is -5.13. The number of anilines is 1. The molecule has 2 aliphatic rings. The number of carboxylic acids is 1. The Balaban J connectivity index is 1.50. The van der Waals surface area contributed by atoms with Crippen LogP contribution in [0.25, 0.3) is 27.1 Å². The molecule has 7 rings (SSSR count). The molecule has 7 N–H and O–H groups in total. The molecule has 420 valence electrons. The summed E-state index contributed by atoms with van der Waals surface area (Å²) in [6.45, 7) is 6.63. The minimum Gasteiger partial charge on any atom is -0.481 e. The van der Waals surface area contributed by atoms with E-state index in [0.717, 1.165) is 17.7 Å². The molecular formula is C50H55N2O20S6+. The summed E-state index contributed by atoms with van der Waals surface area (Å²) < 4.78 is 211. The Morgan fingerprint density at radius 2 is 1.15 bits per heavy atom. The average molecular weight is 1200 g/mol. The lowest BCUT2D eigenvalue weighted by atomic mass is 9.78. The first-order valence-corrected chi connectivity index (χ1v) is 32.7. The molecule has 2 heterocycles. The molecule has 0 atom stereocenters. The van der Waals surface area contributed by atoms with Gasteiger partial charge < -0.3 is 10.0 Å². The molecule has 28 heteroatoms. The zero-order chi connectivity index (χ0) is 57.9. The van der Waals surface area contributed by atoms with Crippen LogP contribution in [0.2, 0.25) is 0 Å². The molecule has 0 aliphatic carbocycles. The van der Waals surface area contributed by atoms with Gasteiger partial charge in [-0.15, -0.1) is 0 Å². The van der Waals surface area contributed by atoms with Gasteiger partial charge in [0.25, 0.3) is 60.7 Å². The van der Waals surface area contributed by atoms with Gasteiger partial charge in [0, 0.05) is 64.7 Å². The van der Waals surface area contributed by atoms with Gasteiger partial charge >= 0.3 is 5.97 Å². The lowest BCUT2D eigenvalue weighted by Gasteiger charge is -2.27. The number of nitrogens with zero attached hydrogens (tertiary/aromatic N) is 2. The first kappa shape index (κ1) is 59.9. The van der Waals surface area contributed by atoms with Crippen molar-refractivity contribution in [2.45, 2.75) is 96.6 Å². The molecule has 78 heavy (non-hydrogen) atoms. The highest BCUT2D eigenvalue weighted by atomic mass is 32.2. The topological polar surface area (TPSA) is 370 Å². The summed E-state index contributed by atoms with van der Waals surface area (Å²) in [5.41, 5.74) is 1.37. The molecule has 0 bridgehead atoms. The summed E-state index contributed by atoms with van der Waals surface area (Å²) in [6.07, 6.45) is 7.62. The van der Waals surface area contributed by atoms with Crippen LogP contribution in [0.3, 0.4) is 0 Å². The van der Waals surface area contributed by atoms with E-state index >= 15 is 0 Å². The number of aryl methyl sites for hydroxylation is 1. The van der Waals surface area contributed by atoms with Crippen LogP contribution in [0, 0.1) is 0 Å². The van der Waals surface area contributed by atoms with E-state index in [-0.39, 0.29) is 53.9 Å². The van der Waals surface area contributed by atoms with Gasteiger partial charge in [-0.2, -0.15) is 55.1 Å². The van der Waals surface area contributed by atoms with Crippen LogP contribution < -0.4 is 4.90 Å². The molecular weight excluding hydrogens is 1140 g/mol. The van der Waals surface area contributed by atoms with Crippen molar-refractivity contribution < 1.29 is 92.3 Å². The quantitative estimate of drug-likeness (QED) is 0.0168. The number of hydrogen-bond acceptors (Lipinski definition) is 14. The summed E-state index contributed by atoms with van der Waals surface area (Å²) in [5.74, 6) is -2.34. The van der Waals surface area contributed by atoms with Crippen LogP contribution in [0.5, 0.6) is 0 Å². The average Bonchev–Trinajstić information content (AvgIpc) is 3.80. The number of rotatable bonds is 21. The number of aliphatic carboxylic acids is 1. The van der Waals surface area contributed by atoms with E-state index in [0.29, 0.717) is 76.4 Å². The summed E-state index contributed by atoms with van der Waals surface area (Å²) >= 11 is 0. The number of hydrogen-bond donors (Lipinski definition) is 7. The SMILES string of the molecule is CC1(C)C(/C=C/C(=C/C=C2/N(CCCS(=O)(=O)O)c3ccc4c(S(=O)(=O)O)cc(S(=O)(=O)O)cc4c3C2(C)C)c2cccc(CCCCC(=O)O)c2)=[N+](CCCS(=O)(=O)O)c2ccc3c(S(=O)(=O)O)cc(S(=O)(=O)O)cc3c21. The third-order valence-corrected chi connectivity index (χ3v) is 18.8. The van der Waals surface area contributed by atoms with Crippen molar-refractivity contribution in [3.8, 4) is 0 Å². The van der Waals surface area contributed by atoms with Crippen molar-refractivity contribution in [1.82, 2.24) is 0 Å². The second-order valence-electron chi connectivity index (χ2n) is 19.9. The molecule has 5 aromatic rings. The van der Waals surface area contributed by atoms with Crippen molar-refractivity contribution >= 4 is 111 Å². The van der Waals surface area contributed by atoms with Crippen LogP contribution >= 0.6 is 0 Å². The summed E-state index contributed by atoms with van der Waals surface area (Å²) in [7, 11) is -29.4. The van der Waals surface area contributed by atoms with E-state index in [4.69, 9.17) is 0 Å². The van der Waals surface area contributed by atoms with E-state index in [9.17, 15) is 87.7 Å². The molecule has 0 saturated carbocycles. The van der Waals surface area contributed by atoms with Gasteiger partial charge in [-0.25, -0.2) is 0 Å². The van der Waals surface area contributed by atoms with Crippen molar-refractivity contribution in [2.75, 3.05) is 29.5 Å². The van der Waals surface area contributed by atoms with Crippen LogP contribution in [0.15, 0.2) is 122 Å². The first-order valence-electron chi connectivity index (χ1n) is 23.7. The highest BCUT2D eigenvalue weighted by Gasteiger charge is 2.47. The lowest BCUT2D eigenvalue weighted by molar-refractivity contribution is -0.437. The molecule has 0 unspecified atom stereocenters. The van der Waals surface area contributed by atoms with Crippen molar-refractivity contribution in [1.29, 1.82) is 0 Å². The summed E-state index contributed by atoms with van der Waals surface area (Å²) in [4.78, 5) is 9.61. The monoisotopic (exact) mass is 1200 g/mol. The molecule has 0 amide bonds. The van der Waals surface area contributed by atoms with E-state index < -0.39 is 109 Å². The Kier molecular flexibility index (Phi) is 16.4. The van der Waals surface area contributed by atoms with Gasteiger partial charge in [0.2, 0.25) is 5.69 Å². The maximum atomic E-state index is 12.8. The van der Waals surface area contributed by atoms with Gasteiger partial charge in [-0.3, -0.25) is 32.1 Å². The molecule has 0 aromatic heterocycles. The number of carboxylic acid groups (broad SMARTS) is 1. The second-order valence-corrected chi connectivity index (χ2v) is 28.6. The predicted octanol–water partition coefficient (Wildman–Crippen LogP) is 7.03. The molecule has 0 spiro atoms. The molecule has 0 radical (unpaired) electrons. The molecule has 0 fully saturated rings. The summed E-state index contributed by atoms with van der Waals surface area (Å²) in [5, 5.41) is 8.98. The van der Waals surface area contributed by atoms with Gasteiger partial charge in [-0.05, 0) is 121 Å². The van der Waals surface area contributed by atoms with Crippen molar-refractivity contribution in [3.63, 3.8) is 0 Å². The van der Waals surface area contributed by atoms with E-state index in [1.54, 1.807) is 73.6 Å². The van der Waals surface area contributed by atoms with Crippen LogP contribution in [0.1, 0.15) is 82.1 Å². The maximum Gasteiger partial charge on any atom is 0.303 e. The fraction of sp³-hybridized carbons (Fsp3) is 0.320. The number of carbonyl (C=O) groups is 1. The molecule has 2 aliphatic heterocycles. The fourth-order valence-electron chi connectivity index (χ4n) is 10.4.